The second kappa shape index (κ2) is 9.02. The summed E-state index contributed by atoms with van der Waals surface area (Å²) in [5.41, 5.74) is 13.1. The van der Waals surface area contributed by atoms with Gasteiger partial charge in [0.1, 0.15) is 5.82 Å². The molecule has 0 unspecified atom stereocenters. The Labute approximate surface area is 198 Å². The van der Waals surface area contributed by atoms with Crippen LogP contribution in [0.25, 0.3) is 27.9 Å². The Bertz CT molecular complexity index is 1300. The number of aliphatic hydroxyl groups excluding tert-OH is 1. The highest BCUT2D eigenvalue weighted by atomic mass is 35.5. The number of anilines is 2. The van der Waals surface area contributed by atoms with Crippen molar-refractivity contribution in [1.82, 2.24) is 19.5 Å². The first-order valence-electron chi connectivity index (χ1n) is 11.1. The quantitative estimate of drug-likeness (QED) is 0.470. The highest BCUT2D eigenvalue weighted by Gasteiger charge is 2.19. The molecule has 1 aliphatic rings. The predicted molar refractivity (Wildman–Crippen MR) is 134 cm³/mol. The lowest BCUT2D eigenvalue weighted by Crippen LogP contribution is -2.47. The molecule has 1 saturated heterocycles. The minimum Gasteiger partial charge on any atom is -0.395 e. The van der Waals surface area contributed by atoms with Crippen LogP contribution in [0.2, 0.25) is 5.02 Å². The van der Waals surface area contributed by atoms with Gasteiger partial charge in [-0.05, 0) is 42.3 Å². The lowest BCUT2D eigenvalue weighted by molar-refractivity contribution is 0.189. The molecule has 7 nitrogen and oxygen atoms in total. The lowest BCUT2D eigenvalue weighted by Gasteiger charge is -2.35. The van der Waals surface area contributed by atoms with E-state index in [1.54, 1.807) is 4.52 Å². The van der Waals surface area contributed by atoms with Crippen molar-refractivity contribution in [2.45, 2.75) is 6.92 Å². The van der Waals surface area contributed by atoms with Crippen LogP contribution >= 0.6 is 11.6 Å². The van der Waals surface area contributed by atoms with Crippen LogP contribution in [0.1, 0.15) is 5.69 Å². The Hall–Kier alpha value is -3.13. The maximum absolute atomic E-state index is 9.18. The Balaban J connectivity index is 1.50. The molecule has 0 amide bonds. The van der Waals surface area contributed by atoms with Crippen LogP contribution in [0.4, 0.5) is 11.5 Å². The van der Waals surface area contributed by atoms with Crippen molar-refractivity contribution in [3.8, 4) is 22.3 Å². The van der Waals surface area contributed by atoms with Crippen molar-refractivity contribution in [3.05, 3.63) is 65.4 Å². The number of benzene rings is 2. The number of aliphatic hydroxyl groups is 1. The summed E-state index contributed by atoms with van der Waals surface area (Å²) < 4.78 is 1.71. The molecule has 3 N–H and O–H groups in total. The number of nitrogens with zero attached hydrogens (tertiary/aromatic N) is 5. The molecule has 0 atom stereocenters. The maximum Gasteiger partial charge on any atom is 0.165 e. The van der Waals surface area contributed by atoms with Gasteiger partial charge >= 0.3 is 0 Å². The number of nitrogens with two attached hydrogens (primary N) is 1. The predicted octanol–water partition coefficient (Wildman–Crippen LogP) is 3.72. The topological polar surface area (TPSA) is 82.9 Å². The summed E-state index contributed by atoms with van der Waals surface area (Å²) >= 11 is 6.20. The molecule has 33 heavy (non-hydrogen) atoms. The summed E-state index contributed by atoms with van der Waals surface area (Å²) in [6.45, 7) is 6.68. The summed E-state index contributed by atoms with van der Waals surface area (Å²) in [6.07, 6.45) is 1.83. The van der Waals surface area contributed by atoms with E-state index in [0.717, 1.165) is 66.3 Å². The van der Waals surface area contributed by atoms with Gasteiger partial charge < -0.3 is 15.7 Å². The Morgan fingerprint density at radius 2 is 1.79 bits per heavy atom. The fourth-order valence-corrected chi connectivity index (χ4v) is 4.77. The molecule has 170 valence electrons. The van der Waals surface area contributed by atoms with E-state index < -0.39 is 0 Å². The number of fused-ring (bicyclic) bond motifs is 1. The van der Waals surface area contributed by atoms with Gasteiger partial charge in [0.25, 0.3) is 0 Å². The Morgan fingerprint density at radius 1 is 1.03 bits per heavy atom. The van der Waals surface area contributed by atoms with Gasteiger partial charge in [-0.1, -0.05) is 35.9 Å². The molecule has 8 heteroatoms. The summed E-state index contributed by atoms with van der Waals surface area (Å²) in [7, 11) is 0. The number of hydrogen-bond donors (Lipinski definition) is 2. The van der Waals surface area contributed by atoms with Gasteiger partial charge in [-0.15, -0.1) is 0 Å². The molecule has 1 aliphatic heterocycles. The van der Waals surface area contributed by atoms with Gasteiger partial charge in [0.05, 0.1) is 18.5 Å². The third kappa shape index (κ3) is 4.15. The van der Waals surface area contributed by atoms with E-state index in [2.05, 4.69) is 39.2 Å². The first-order chi connectivity index (χ1) is 16.0. The van der Waals surface area contributed by atoms with Crippen molar-refractivity contribution >= 4 is 28.8 Å². The molecule has 0 radical (unpaired) electrons. The summed E-state index contributed by atoms with van der Waals surface area (Å²) in [5, 5.41) is 14.4. The van der Waals surface area contributed by atoms with Crippen LogP contribution in [0.5, 0.6) is 0 Å². The number of β-amino-alcohol motifs (C(OH)–C–C–N with tert-alkyl or cyclic N) is 1. The van der Waals surface area contributed by atoms with Crippen LogP contribution in [-0.2, 0) is 0 Å². The van der Waals surface area contributed by atoms with Crippen LogP contribution in [0.15, 0.2) is 54.7 Å². The first-order valence-corrected chi connectivity index (χ1v) is 11.5. The van der Waals surface area contributed by atoms with E-state index in [9.17, 15) is 5.11 Å². The first kappa shape index (κ1) is 21.7. The fraction of sp³-hybridized carbons (Fsp3) is 0.280. The van der Waals surface area contributed by atoms with Crippen LogP contribution in [0, 0.1) is 6.92 Å². The molecule has 0 spiro atoms. The number of rotatable bonds is 5. The number of piperazine rings is 1. The van der Waals surface area contributed by atoms with E-state index in [1.807, 2.05) is 37.4 Å². The Morgan fingerprint density at radius 3 is 2.55 bits per heavy atom. The molecule has 2 aromatic heterocycles. The third-order valence-corrected chi connectivity index (χ3v) is 6.52. The average molecular weight is 463 g/mol. The molecule has 3 heterocycles. The maximum atomic E-state index is 9.18. The highest BCUT2D eigenvalue weighted by molar-refractivity contribution is 6.30. The van der Waals surface area contributed by atoms with Gasteiger partial charge in [-0.3, -0.25) is 4.90 Å². The van der Waals surface area contributed by atoms with Crippen molar-refractivity contribution in [2.24, 2.45) is 0 Å². The van der Waals surface area contributed by atoms with Crippen molar-refractivity contribution in [1.29, 1.82) is 0 Å². The van der Waals surface area contributed by atoms with E-state index in [0.29, 0.717) is 10.8 Å². The Kier molecular flexibility index (Phi) is 5.93. The van der Waals surface area contributed by atoms with Gasteiger partial charge in [0.15, 0.2) is 5.65 Å². The van der Waals surface area contributed by atoms with Crippen molar-refractivity contribution < 1.29 is 5.11 Å². The molecule has 0 aliphatic carbocycles. The number of hydrogen-bond acceptors (Lipinski definition) is 6. The average Bonchev–Trinajstić information content (AvgIpc) is 3.24. The molecule has 0 saturated carbocycles. The zero-order valence-corrected chi connectivity index (χ0v) is 19.3. The molecule has 4 aromatic rings. The molecule has 1 fully saturated rings. The van der Waals surface area contributed by atoms with Gasteiger partial charge in [-0.25, -0.2) is 4.98 Å². The fourth-order valence-electron chi connectivity index (χ4n) is 4.58. The zero-order valence-electron chi connectivity index (χ0n) is 18.6. The largest absolute Gasteiger partial charge is 0.395 e. The smallest absolute Gasteiger partial charge is 0.165 e. The second-order valence-corrected chi connectivity index (χ2v) is 8.80. The highest BCUT2D eigenvalue weighted by Crippen LogP contribution is 2.34. The zero-order chi connectivity index (χ0) is 22.9. The minimum absolute atomic E-state index is 0.207. The second-order valence-electron chi connectivity index (χ2n) is 8.36. The summed E-state index contributed by atoms with van der Waals surface area (Å²) in [5.74, 6) is 0.544. The molecule has 5 rings (SSSR count). The van der Waals surface area contributed by atoms with Crippen LogP contribution in [0.3, 0.4) is 0 Å². The van der Waals surface area contributed by atoms with E-state index in [4.69, 9.17) is 22.3 Å². The molecule has 0 bridgehead atoms. The summed E-state index contributed by atoms with van der Waals surface area (Å²) in [6, 6.07) is 16.1. The van der Waals surface area contributed by atoms with Crippen LogP contribution < -0.4 is 10.6 Å². The number of aromatic nitrogens is 3. The molecular weight excluding hydrogens is 436 g/mol. The lowest BCUT2D eigenvalue weighted by atomic mass is 10.0. The van der Waals surface area contributed by atoms with Gasteiger partial charge in [0.2, 0.25) is 0 Å². The van der Waals surface area contributed by atoms with Crippen molar-refractivity contribution in [3.63, 3.8) is 0 Å². The van der Waals surface area contributed by atoms with Crippen molar-refractivity contribution in [2.75, 3.05) is 50.0 Å². The standard InChI is InChI=1S/C25H27ClN6O/c1-17-23(19-5-2-6-20(26)14-19)24(27)32-25(29-17)22(16-28-32)18-4-3-7-21(15-18)31-10-8-30(9-11-31)12-13-33/h2-7,14-16,33H,8-13,27H2,1H3. The van der Waals surface area contributed by atoms with Gasteiger partial charge in [-0.2, -0.15) is 9.61 Å². The number of nitrogen functional groups attached to an aromatic ring is 1. The minimum atomic E-state index is 0.207. The van der Waals surface area contributed by atoms with Gasteiger partial charge in [0, 0.05) is 54.6 Å². The van der Waals surface area contributed by atoms with E-state index in [-0.39, 0.29) is 6.61 Å². The van der Waals surface area contributed by atoms with Crippen LogP contribution in [-0.4, -0.2) is 63.9 Å². The molecular formula is C25H27ClN6O. The number of halogens is 1. The number of aryl methyl sites for hydroxylation is 1. The molecule has 2 aromatic carbocycles. The normalized spacial score (nSPS) is 14.8. The van der Waals surface area contributed by atoms with E-state index >= 15 is 0 Å². The third-order valence-electron chi connectivity index (χ3n) is 6.29. The monoisotopic (exact) mass is 462 g/mol. The SMILES string of the molecule is Cc1nc2c(-c3cccc(N4CCN(CCO)CC4)c3)cnn2c(N)c1-c1cccc(Cl)c1. The van der Waals surface area contributed by atoms with E-state index in [1.165, 1.54) is 5.69 Å². The summed E-state index contributed by atoms with van der Waals surface area (Å²) in [4.78, 5) is 9.56.